The first kappa shape index (κ1) is 14.8. The fraction of sp³-hybridized carbons (Fsp3) is 1.00. The van der Waals surface area contributed by atoms with Crippen molar-refractivity contribution in [2.45, 2.75) is 37.9 Å². The van der Waals surface area contributed by atoms with Crippen LogP contribution in [0.25, 0.3) is 0 Å². The Bertz CT molecular complexity index is 449. The largest absolute Gasteiger partial charge is 0.379 e. The lowest BCUT2D eigenvalue weighted by Crippen LogP contribution is -2.52. The molecule has 20 heavy (non-hydrogen) atoms. The monoisotopic (exact) mass is 302 g/mol. The van der Waals surface area contributed by atoms with Crippen LogP contribution in [0, 0.1) is 5.41 Å². The van der Waals surface area contributed by atoms with Crippen molar-refractivity contribution in [3.63, 3.8) is 0 Å². The average molecular weight is 302 g/mol. The van der Waals surface area contributed by atoms with Crippen LogP contribution in [0.4, 0.5) is 0 Å². The predicted octanol–water partition coefficient (Wildman–Crippen LogP) is 0.913. The first-order valence-corrected chi connectivity index (χ1v) is 9.35. The molecular formula is C14H26N2O3S. The van der Waals surface area contributed by atoms with E-state index in [1.807, 2.05) is 0 Å². The second-order valence-electron chi connectivity index (χ2n) is 6.60. The van der Waals surface area contributed by atoms with E-state index in [2.05, 4.69) is 11.8 Å². The van der Waals surface area contributed by atoms with Crippen LogP contribution in [0.3, 0.4) is 0 Å². The van der Waals surface area contributed by atoms with Gasteiger partial charge in [-0.2, -0.15) is 0 Å². The van der Waals surface area contributed by atoms with E-state index in [0.29, 0.717) is 19.7 Å². The van der Waals surface area contributed by atoms with Gasteiger partial charge in [0.05, 0.1) is 18.5 Å². The Hall–Kier alpha value is -0.170. The van der Waals surface area contributed by atoms with Crippen molar-refractivity contribution in [1.82, 2.24) is 9.21 Å². The summed E-state index contributed by atoms with van der Waals surface area (Å²) in [5.74, 6) is 0. The van der Waals surface area contributed by atoms with Gasteiger partial charge in [-0.05, 0) is 32.2 Å². The fourth-order valence-corrected chi connectivity index (χ4v) is 5.55. The third-order valence-corrected chi connectivity index (χ3v) is 7.24. The Kier molecular flexibility index (Phi) is 4.10. The molecule has 0 N–H and O–H groups in total. The number of hydrogen-bond donors (Lipinski definition) is 0. The van der Waals surface area contributed by atoms with Crippen LogP contribution >= 0.6 is 0 Å². The van der Waals surface area contributed by atoms with Gasteiger partial charge in [0.25, 0.3) is 0 Å². The zero-order chi connectivity index (χ0) is 14.2. The SMILES string of the molecule is CCN1CCOC[C@@]2(CCCN(S(=O)(=O)C3CC3)C2)C1. The van der Waals surface area contributed by atoms with Crippen LogP contribution in [0.1, 0.15) is 32.6 Å². The van der Waals surface area contributed by atoms with Gasteiger partial charge in [0.15, 0.2) is 0 Å². The summed E-state index contributed by atoms with van der Waals surface area (Å²) in [6.45, 7) is 7.95. The zero-order valence-corrected chi connectivity index (χ0v) is 13.2. The Morgan fingerprint density at radius 1 is 1.25 bits per heavy atom. The Balaban J connectivity index is 1.75. The molecule has 1 saturated carbocycles. The van der Waals surface area contributed by atoms with Crippen LogP contribution in [0.2, 0.25) is 0 Å². The highest BCUT2D eigenvalue weighted by atomic mass is 32.2. The van der Waals surface area contributed by atoms with Gasteiger partial charge in [0, 0.05) is 31.6 Å². The summed E-state index contributed by atoms with van der Waals surface area (Å²) < 4.78 is 32.5. The van der Waals surface area contributed by atoms with Crippen molar-refractivity contribution in [1.29, 1.82) is 0 Å². The van der Waals surface area contributed by atoms with Crippen LogP contribution in [0.5, 0.6) is 0 Å². The van der Waals surface area contributed by atoms with Gasteiger partial charge in [-0.3, -0.25) is 0 Å². The molecule has 0 aromatic carbocycles. The van der Waals surface area contributed by atoms with Gasteiger partial charge in [0.2, 0.25) is 10.0 Å². The maximum atomic E-state index is 12.5. The molecule has 3 rings (SSSR count). The highest BCUT2D eigenvalue weighted by molar-refractivity contribution is 7.90. The molecular weight excluding hydrogens is 276 g/mol. The summed E-state index contributed by atoms with van der Waals surface area (Å²) in [7, 11) is -3.04. The van der Waals surface area contributed by atoms with E-state index in [1.165, 1.54) is 0 Å². The number of hydrogen-bond acceptors (Lipinski definition) is 4. The number of nitrogens with zero attached hydrogens (tertiary/aromatic N) is 2. The van der Waals surface area contributed by atoms with Gasteiger partial charge >= 0.3 is 0 Å². The minimum Gasteiger partial charge on any atom is -0.379 e. The minimum atomic E-state index is -3.04. The first-order chi connectivity index (χ1) is 9.56. The number of likely N-dealkylation sites (N-methyl/N-ethyl adjacent to an activating group) is 1. The highest BCUT2D eigenvalue weighted by Crippen LogP contribution is 2.38. The number of rotatable bonds is 3. The number of ether oxygens (including phenoxy) is 1. The summed E-state index contributed by atoms with van der Waals surface area (Å²) >= 11 is 0. The standard InChI is InChI=1S/C14H26N2O3S/c1-2-15-8-9-19-12-14(10-15)6-3-7-16(11-14)20(17,18)13-4-5-13/h13H,2-12H2,1H3/t14-/m0/s1. The number of sulfonamides is 1. The summed E-state index contributed by atoms with van der Waals surface area (Å²) in [4.78, 5) is 2.40. The van der Waals surface area contributed by atoms with E-state index in [-0.39, 0.29) is 10.7 Å². The first-order valence-electron chi connectivity index (χ1n) is 7.85. The molecule has 3 fully saturated rings. The quantitative estimate of drug-likeness (QED) is 0.778. The molecule has 1 spiro atoms. The fourth-order valence-electron chi connectivity index (χ4n) is 3.55. The van der Waals surface area contributed by atoms with Crippen molar-refractivity contribution in [3.05, 3.63) is 0 Å². The zero-order valence-electron chi connectivity index (χ0n) is 12.4. The third-order valence-electron chi connectivity index (χ3n) is 4.90. The topological polar surface area (TPSA) is 49.9 Å². The molecule has 0 amide bonds. The molecule has 6 heteroatoms. The maximum Gasteiger partial charge on any atom is 0.217 e. The van der Waals surface area contributed by atoms with E-state index in [4.69, 9.17) is 4.74 Å². The normalized spacial score (nSPS) is 34.2. The predicted molar refractivity (Wildman–Crippen MR) is 78.1 cm³/mol. The Morgan fingerprint density at radius 3 is 2.75 bits per heavy atom. The van der Waals surface area contributed by atoms with Crippen LogP contribution in [0.15, 0.2) is 0 Å². The van der Waals surface area contributed by atoms with Gasteiger partial charge in [-0.15, -0.1) is 0 Å². The number of piperidine rings is 1. The molecule has 2 aliphatic heterocycles. The van der Waals surface area contributed by atoms with Gasteiger partial charge < -0.3 is 9.64 Å². The second-order valence-corrected chi connectivity index (χ2v) is 8.82. The van der Waals surface area contributed by atoms with Crippen molar-refractivity contribution >= 4 is 10.0 Å². The smallest absolute Gasteiger partial charge is 0.217 e. The van der Waals surface area contributed by atoms with Gasteiger partial charge in [-0.1, -0.05) is 6.92 Å². The molecule has 0 aromatic rings. The summed E-state index contributed by atoms with van der Waals surface area (Å²) in [5.41, 5.74) is 0.00667. The van der Waals surface area contributed by atoms with Gasteiger partial charge in [-0.25, -0.2) is 12.7 Å². The Morgan fingerprint density at radius 2 is 2.05 bits per heavy atom. The van der Waals surface area contributed by atoms with Crippen LogP contribution < -0.4 is 0 Å². The Labute approximate surface area is 122 Å². The molecule has 1 atom stereocenters. The van der Waals surface area contributed by atoms with Crippen molar-refractivity contribution in [2.75, 3.05) is 45.9 Å². The summed E-state index contributed by atoms with van der Waals surface area (Å²) in [6, 6.07) is 0. The van der Waals surface area contributed by atoms with Crippen molar-refractivity contribution in [3.8, 4) is 0 Å². The molecule has 5 nitrogen and oxygen atoms in total. The molecule has 3 aliphatic rings. The summed E-state index contributed by atoms with van der Waals surface area (Å²) in [5, 5.41) is -0.0911. The van der Waals surface area contributed by atoms with Crippen molar-refractivity contribution in [2.24, 2.45) is 5.41 Å². The lowest BCUT2D eigenvalue weighted by atomic mass is 9.81. The van der Waals surface area contributed by atoms with Crippen LogP contribution in [-0.2, 0) is 14.8 Å². The van der Waals surface area contributed by atoms with E-state index in [0.717, 1.165) is 51.9 Å². The molecule has 0 unspecified atom stereocenters. The van der Waals surface area contributed by atoms with E-state index in [1.54, 1.807) is 4.31 Å². The van der Waals surface area contributed by atoms with Crippen LogP contribution in [-0.4, -0.2) is 68.8 Å². The molecule has 0 radical (unpaired) electrons. The third kappa shape index (κ3) is 2.89. The molecule has 0 aromatic heterocycles. The minimum absolute atomic E-state index is 0.00667. The molecule has 2 heterocycles. The van der Waals surface area contributed by atoms with E-state index < -0.39 is 10.0 Å². The average Bonchev–Trinajstić information content (AvgIpc) is 3.26. The summed E-state index contributed by atoms with van der Waals surface area (Å²) in [6.07, 6.45) is 3.75. The molecule has 1 aliphatic carbocycles. The van der Waals surface area contributed by atoms with E-state index >= 15 is 0 Å². The molecule has 116 valence electrons. The van der Waals surface area contributed by atoms with Gasteiger partial charge in [0.1, 0.15) is 0 Å². The second kappa shape index (κ2) is 5.55. The molecule has 2 saturated heterocycles. The highest BCUT2D eigenvalue weighted by Gasteiger charge is 2.46. The lowest BCUT2D eigenvalue weighted by molar-refractivity contribution is 0.0289. The van der Waals surface area contributed by atoms with E-state index in [9.17, 15) is 8.42 Å². The maximum absolute atomic E-state index is 12.5. The molecule has 0 bridgehead atoms. The van der Waals surface area contributed by atoms with Crippen molar-refractivity contribution < 1.29 is 13.2 Å². The lowest BCUT2D eigenvalue weighted by Gasteiger charge is -2.43.